The van der Waals surface area contributed by atoms with E-state index in [2.05, 4.69) is 6.08 Å². The molecule has 0 aliphatic carbocycles. The molecule has 4 aromatic carbocycles. The Bertz CT molecular complexity index is 1280. The largest absolute Gasteiger partial charge is 0.497 e. The maximum Gasteiger partial charge on any atom is 0.118 e. The van der Waals surface area contributed by atoms with E-state index in [1.807, 2.05) is 78.9 Å². The summed E-state index contributed by atoms with van der Waals surface area (Å²) < 4.78 is 10.7. The second-order valence-electron chi connectivity index (χ2n) is 7.93. The lowest BCUT2D eigenvalue weighted by atomic mass is 9.94. The fourth-order valence-corrected chi connectivity index (χ4v) is 4.90. The van der Waals surface area contributed by atoms with Crippen LogP contribution in [-0.4, -0.2) is 14.2 Å². The van der Waals surface area contributed by atoms with Gasteiger partial charge in [-0.15, -0.1) is 0 Å². The third-order valence-corrected chi connectivity index (χ3v) is 6.44. The third kappa shape index (κ3) is 6.46. The Morgan fingerprint density at radius 1 is 0.472 bits per heavy atom. The van der Waals surface area contributed by atoms with Crippen LogP contribution in [-0.2, 0) is 0 Å². The molecule has 182 valence electrons. The van der Waals surface area contributed by atoms with Crippen LogP contribution in [0.2, 0.25) is 20.1 Å². The zero-order valence-electron chi connectivity index (χ0n) is 19.6. The summed E-state index contributed by atoms with van der Waals surface area (Å²) in [6.07, 6.45) is 4.08. The van der Waals surface area contributed by atoms with Crippen molar-refractivity contribution in [3.05, 3.63) is 139 Å². The van der Waals surface area contributed by atoms with E-state index in [4.69, 9.17) is 55.9 Å². The molecule has 0 aromatic heterocycles. The van der Waals surface area contributed by atoms with Gasteiger partial charge in [0.15, 0.2) is 0 Å². The van der Waals surface area contributed by atoms with Crippen molar-refractivity contribution in [1.82, 2.24) is 0 Å². The van der Waals surface area contributed by atoms with Crippen molar-refractivity contribution in [1.29, 1.82) is 0 Å². The monoisotopic (exact) mass is 554 g/mol. The van der Waals surface area contributed by atoms with Gasteiger partial charge in [0.25, 0.3) is 0 Å². The maximum absolute atomic E-state index is 6.35. The van der Waals surface area contributed by atoms with Crippen molar-refractivity contribution >= 4 is 57.5 Å². The summed E-state index contributed by atoms with van der Waals surface area (Å²) in [5, 5.41) is 2.13. The maximum atomic E-state index is 6.35. The van der Waals surface area contributed by atoms with Crippen LogP contribution >= 0.6 is 46.4 Å². The Morgan fingerprint density at radius 2 is 0.778 bits per heavy atom. The van der Waals surface area contributed by atoms with Crippen LogP contribution in [0.3, 0.4) is 0 Å². The first-order valence-electron chi connectivity index (χ1n) is 11.0. The molecule has 4 aromatic rings. The molecule has 0 unspecified atom stereocenters. The number of ether oxygens (including phenoxy) is 2. The lowest BCUT2D eigenvalue weighted by Crippen LogP contribution is -1.92. The van der Waals surface area contributed by atoms with Crippen LogP contribution in [0.1, 0.15) is 22.3 Å². The van der Waals surface area contributed by atoms with Gasteiger partial charge in [-0.2, -0.15) is 0 Å². The van der Waals surface area contributed by atoms with E-state index in [-0.39, 0.29) is 0 Å². The highest BCUT2D eigenvalue weighted by Gasteiger charge is 2.11. The van der Waals surface area contributed by atoms with Gasteiger partial charge in [-0.25, -0.2) is 0 Å². The first-order chi connectivity index (χ1) is 17.4. The predicted molar refractivity (Wildman–Crippen MR) is 153 cm³/mol. The minimum atomic E-state index is 0.533. The van der Waals surface area contributed by atoms with Gasteiger partial charge in [-0.05, 0) is 94.1 Å². The van der Waals surface area contributed by atoms with Gasteiger partial charge >= 0.3 is 0 Å². The number of hydrogen-bond donors (Lipinski definition) is 0. The first-order valence-corrected chi connectivity index (χ1v) is 12.5. The smallest absolute Gasteiger partial charge is 0.118 e. The summed E-state index contributed by atoms with van der Waals surface area (Å²) in [6.45, 7) is 0. The van der Waals surface area contributed by atoms with E-state index in [1.165, 1.54) is 0 Å². The molecule has 0 heterocycles. The molecule has 0 aliphatic heterocycles. The van der Waals surface area contributed by atoms with Gasteiger partial charge in [-0.3, -0.25) is 0 Å². The molecule has 0 radical (unpaired) electrons. The molecule has 0 spiro atoms. The zero-order chi connectivity index (χ0) is 25.7. The topological polar surface area (TPSA) is 18.5 Å². The number of benzene rings is 4. The fourth-order valence-electron chi connectivity index (χ4n) is 3.84. The van der Waals surface area contributed by atoms with Gasteiger partial charge in [0, 0.05) is 20.1 Å². The third-order valence-electron chi connectivity index (χ3n) is 5.57. The molecule has 0 atom stereocenters. The van der Waals surface area contributed by atoms with Crippen LogP contribution in [0.4, 0.5) is 0 Å². The van der Waals surface area contributed by atoms with Crippen LogP contribution in [0.15, 0.2) is 97.1 Å². The molecule has 0 fully saturated rings. The molecule has 36 heavy (non-hydrogen) atoms. The fraction of sp³-hybridized carbons (Fsp3) is 0.0667. The molecule has 4 rings (SSSR count). The van der Waals surface area contributed by atoms with E-state index in [0.717, 1.165) is 44.9 Å². The summed E-state index contributed by atoms with van der Waals surface area (Å²) in [7, 11) is 3.30. The van der Waals surface area contributed by atoms with Crippen molar-refractivity contribution < 1.29 is 9.47 Å². The summed E-state index contributed by atoms with van der Waals surface area (Å²) >= 11 is 25.4. The lowest BCUT2D eigenvalue weighted by Gasteiger charge is -2.13. The van der Waals surface area contributed by atoms with Crippen molar-refractivity contribution in [3.8, 4) is 11.5 Å². The van der Waals surface area contributed by atoms with Crippen LogP contribution < -0.4 is 9.47 Å². The summed E-state index contributed by atoms with van der Waals surface area (Å²) in [5.41, 5.74) is 5.58. The first kappa shape index (κ1) is 26.2. The zero-order valence-corrected chi connectivity index (χ0v) is 22.6. The lowest BCUT2D eigenvalue weighted by molar-refractivity contribution is 0.414. The molecule has 0 saturated carbocycles. The van der Waals surface area contributed by atoms with E-state index >= 15 is 0 Å². The summed E-state index contributed by atoms with van der Waals surface area (Å²) in [4.78, 5) is 0. The SMILES string of the molecule is COc1ccc(C(=CC=C(c2cc(Cl)cc(Cl)c2)c2cc(Cl)cc(Cl)c2)c2ccc(OC)cc2)cc1. The molecular weight excluding hydrogens is 534 g/mol. The quantitative estimate of drug-likeness (QED) is 0.211. The highest BCUT2D eigenvalue weighted by molar-refractivity contribution is 6.35. The Labute approximate surface area is 231 Å². The van der Waals surface area contributed by atoms with Gasteiger partial charge < -0.3 is 9.47 Å². The van der Waals surface area contributed by atoms with E-state index in [1.54, 1.807) is 26.4 Å². The molecule has 0 N–H and O–H groups in total. The van der Waals surface area contributed by atoms with E-state index < -0.39 is 0 Å². The highest BCUT2D eigenvalue weighted by Crippen LogP contribution is 2.34. The Balaban J connectivity index is 1.93. The average molecular weight is 556 g/mol. The molecule has 2 nitrogen and oxygen atoms in total. The Morgan fingerprint density at radius 3 is 1.08 bits per heavy atom. The molecule has 0 bridgehead atoms. The summed E-state index contributed by atoms with van der Waals surface area (Å²) in [5.74, 6) is 1.57. The second-order valence-corrected chi connectivity index (χ2v) is 9.68. The predicted octanol–water partition coefficient (Wildman–Crippen LogP) is 9.88. The molecule has 0 aliphatic rings. The molecule has 0 amide bonds. The second kappa shape index (κ2) is 11.9. The van der Waals surface area contributed by atoms with Crippen molar-refractivity contribution in [2.75, 3.05) is 14.2 Å². The minimum absolute atomic E-state index is 0.533. The molecule has 0 saturated heterocycles. The van der Waals surface area contributed by atoms with Crippen molar-refractivity contribution in [3.63, 3.8) is 0 Å². The number of hydrogen-bond acceptors (Lipinski definition) is 2. The normalized spacial score (nSPS) is 10.5. The van der Waals surface area contributed by atoms with Crippen molar-refractivity contribution in [2.24, 2.45) is 0 Å². The summed E-state index contributed by atoms with van der Waals surface area (Å²) in [6, 6.07) is 26.7. The molecule has 6 heteroatoms. The number of allylic oxidation sites excluding steroid dienone is 2. The highest BCUT2D eigenvalue weighted by atomic mass is 35.5. The van der Waals surface area contributed by atoms with Crippen LogP contribution in [0.25, 0.3) is 11.1 Å². The Hall–Kier alpha value is -2.88. The number of methoxy groups -OCH3 is 2. The van der Waals surface area contributed by atoms with Gasteiger partial charge in [-0.1, -0.05) is 82.8 Å². The van der Waals surface area contributed by atoms with Gasteiger partial charge in [0.05, 0.1) is 14.2 Å². The van der Waals surface area contributed by atoms with Gasteiger partial charge in [0.2, 0.25) is 0 Å². The standard InChI is InChI=1S/C30H22Cl4O2/c1-35-27-7-3-19(4-8-27)29(20-5-9-28(36-2)10-6-20)11-12-30(21-13-23(31)17-24(32)14-21)22-15-25(33)18-26(34)16-22/h3-18H,1-2H3. The minimum Gasteiger partial charge on any atom is -0.497 e. The van der Waals surface area contributed by atoms with E-state index in [0.29, 0.717) is 20.1 Å². The number of rotatable bonds is 7. The van der Waals surface area contributed by atoms with Crippen LogP contribution in [0.5, 0.6) is 11.5 Å². The molecular formula is C30H22Cl4O2. The van der Waals surface area contributed by atoms with Crippen molar-refractivity contribution in [2.45, 2.75) is 0 Å². The van der Waals surface area contributed by atoms with Gasteiger partial charge in [0.1, 0.15) is 11.5 Å². The number of halogens is 4. The Kier molecular flexibility index (Phi) is 8.66. The van der Waals surface area contributed by atoms with E-state index in [9.17, 15) is 0 Å². The van der Waals surface area contributed by atoms with Crippen LogP contribution in [0, 0.1) is 0 Å². The average Bonchev–Trinajstić information content (AvgIpc) is 2.86.